The van der Waals surface area contributed by atoms with Gasteiger partial charge in [-0.2, -0.15) is 0 Å². The summed E-state index contributed by atoms with van der Waals surface area (Å²) in [7, 11) is 0. The van der Waals surface area contributed by atoms with Gasteiger partial charge in [-0.25, -0.2) is 4.98 Å². The number of halogens is 1. The van der Waals surface area contributed by atoms with Gasteiger partial charge in [0, 0.05) is 31.7 Å². The molecular formula is C12H15ClN2O3. The first kappa shape index (κ1) is 12.1. The van der Waals surface area contributed by atoms with Crippen molar-refractivity contribution < 1.29 is 9.47 Å². The van der Waals surface area contributed by atoms with Crippen LogP contribution in [0.1, 0.15) is 25.3 Å². The lowest BCUT2D eigenvalue weighted by Crippen LogP contribution is -2.42. The van der Waals surface area contributed by atoms with E-state index in [-0.39, 0.29) is 22.4 Å². The molecule has 5 nitrogen and oxygen atoms in total. The molecule has 0 bridgehead atoms. The highest BCUT2D eigenvalue weighted by atomic mass is 35.5. The molecule has 0 radical (unpaired) electrons. The van der Waals surface area contributed by atoms with Crippen LogP contribution >= 0.6 is 11.6 Å². The number of ether oxygens (including phenoxy) is 2. The summed E-state index contributed by atoms with van der Waals surface area (Å²) in [6.45, 7) is 2.02. The van der Waals surface area contributed by atoms with Crippen LogP contribution in [0.15, 0.2) is 17.2 Å². The molecule has 0 N–H and O–H groups in total. The van der Waals surface area contributed by atoms with Crippen LogP contribution in [0.25, 0.3) is 0 Å². The van der Waals surface area contributed by atoms with Gasteiger partial charge >= 0.3 is 0 Å². The highest BCUT2D eigenvalue weighted by Crippen LogP contribution is 2.37. The van der Waals surface area contributed by atoms with Gasteiger partial charge in [0.05, 0.1) is 18.5 Å². The molecular weight excluding hydrogens is 256 g/mol. The topological polar surface area (TPSA) is 53.4 Å². The van der Waals surface area contributed by atoms with Gasteiger partial charge in [-0.1, -0.05) is 11.6 Å². The third-order valence-corrected chi connectivity index (χ3v) is 3.94. The van der Waals surface area contributed by atoms with Gasteiger partial charge in [0.15, 0.2) is 0 Å². The zero-order valence-corrected chi connectivity index (χ0v) is 10.7. The zero-order chi connectivity index (χ0) is 12.6. The van der Waals surface area contributed by atoms with E-state index in [1.807, 2.05) is 0 Å². The first-order valence-corrected chi connectivity index (χ1v) is 6.52. The first-order valence-electron chi connectivity index (χ1n) is 6.14. The molecule has 0 amide bonds. The Morgan fingerprint density at radius 3 is 3.11 bits per heavy atom. The van der Waals surface area contributed by atoms with Crippen LogP contribution in [-0.4, -0.2) is 35.0 Å². The van der Waals surface area contributed by atoms with Crippen LogP contribution in [0, 0.1) is 0 Å². The van der Waals surface area contributed by atoms with Crippen molar-refractivity contribution in [3.05, 3.63) is 27.9 Å². The fourth-order valence-corrected chi connectivity index (χ4v) is 2.90. The molecule has 1 aromatic heterocycles. The third-order valence-electron chi connectivity index (χ3n) is 3.73. The summed E-state index contributed by atoms with van der Waals surface area (Å²) in [5.74, 6) is 0. The van der Waals surface area contributed by atoms with Crippen LogP contribution in [0.4, 0.5) is 0 Å². The van der Waals surface area contributed by atoms with E-state index in [2.05, 4.69) is 4.98 Å². The maximum atomic E-state index is 11.9. The molecule has 2 aliphatic heterocycles. The van der Waals surface area contributed by atoms with E-state index in [1.165, 1.54) is 12.4 Å². The molecule has 2 aliphatic rings. The fraction of sp³-hybridized carbons (Fsp3) is 0.667. The summed E-state index contributed by atoms with van der Waals surface area (Å²) in [4.78, 5) is 15.9. The Balaban J connectivity index is 1.85. The molecule has 0 saturated carbocycles. The molecule has 0 aliphatic carbocycles. The Morgan fingerprint density at radius 2 is 2.39 bits per heavy atom. The molecule has 2 atom stereocenters. The number of hydrogen-bond acceptors (Lipinski definition) is 4. The van der Waals surface area contributed by atoms with Crippen molar-refractivity contribution in [1.29, 1.82) is 0 Å². The standard InChI is InChI=1S/C12H15ClN2O3/c13-10-5-11(16)15(8-14-10)9-1-3-18-12(6-9)2-4-17-7-12/h5,8-9H,1-4,6-7H2. The molecule has 2 unspecified atom stereocenters. The third kappa shape index (κ3) is 2.18. The summed E-state index contributed by atoms with van der Waals surface area (Å²) in [5.41, 5.74) is -0.307. The normalized spacial score (nSPS) is 31.9. The average molecular weight is 271 g/mol. The number of rotatable bonds is 1. The maximum absolute atomic E-state index is 11.9. The van der Waals surface area contributed by atoms with Crippen molar-refractivity contribution in [2.24, 2.45) is 0 Å². The second-order valence-corrected chi connectivity index (χ2v) is 5.33. The summed E-state index contributed by atoms with van der Waals surface area (Å²) in [5, 5.41) is 0.238. The van der Waals surface area contributed by atoms with Gasteiger partial charge in [-0.05, 0) is 12.8 Å². The Kier molecular flexibility index (Phi) is 3.13. The van der Waals surface area contributed by atoms with E-state index in [1.54, 1.807) is 4.57 Å². The van der Waals surface area contributed by atoms with Crippen LogP contribution in [0.3, 0.4) is 0 Å². The van der Waals surface area contributed by atoms with E-state index in [9.17, 15) is 4.79 Å². The predicted molar refractivity (Wildman–Crippen MR) is 65.9 cm³/mol. The van der Waals surface area contributed by atoms with Crippen molar-refractivity contribution >= 4 is 11.6 Å². The van der Waals surface area contributed by atoms with Crippen LogP contribution in [-0.2, 0) is 9.47 Å². The first-order chi connectivity index (χ1) is 8.69. The Labute approximate surface area is 110 Å². The van der Waals surface area contributed by atoms with E-state index in [0.29, 0.717) is 13.2 Å². The SMILES string of the molecule is O=c1cc(Cl)ncn1C1CCOC2(CCOC2)C1. The quantitative estimate of drug-likeness (QED) is 0.724. The van der Waals surface area contributed by atoms with Gasteiger partial charge in [0.25, 0.3) is 5.56 Å². The largest absolute Gasteiger partial charge is 0.378 e. The van der Waals surface area contributed by atoms with E-state index in [4.69, 9.17) is 21.1 Å². The lowest BCUT2D eigenvalue weighted by Gasteiger charge is -2.37. The minimum Gasteiger partial charge on any atom is -0.378 e. The van der Waals surface area contributed by atoms with Crippen molar-refractivity contribution in [1.82, 2.24) is 9.55 Å². The molecule has 2 fully saturated rings. The van der Waals surface area contributed by atoms with Gasteiger partial charge in [-0.3, -0.25) is 9.36 Å². The average Bonchev–Trinajstić information content (AvgIpc) is 2.77. The van der Waals surface area contributed by atoms with Crippen LogP contribution < -0.4 is 5.56 Å². The van der Waals surface area contributed by atoms with E-state index >= 15 is 0 Å². The second-order valence-electron chi connectivity index (χ2n) is 4.94. The van der Waals surface area contributed by atoms with Crippen LogP contribution in [0.2, 0.25) is 5.15 Å². The van der Waals surface area contributed by atoms with Gasteiger partial charge in [-0.15, -0.1) is 0 Å². The van der Waals surface area contributed by atoms with Crippen molar-refractivity contribution in [3.8, 4) is 0 Å². The Morgan fingerprint density at radius 1 is 1.50 bits per heavy atom. The summed E-state index contributed by atoms with van der Waals surface area (Å²) < 4.78 is 12.9. The fourth-order valence-electron chi connectivity index (χ4n) is 2.76. The second kappa shape index (κ2) is 4.64. The molecule has 3 rings (SSSR count). The molecule has 18 heavy (non-hydrogen) atoms. The molecule has 2 saturated heterocycles. The molecule has 1 aromatic rings. The zero-order valence-electron chi connectivity index (χ0n) is 9.97. The molecule has 98 valence electrons. The monoisotopic (exact) mass is 270 g/mol. The van der Waals surface area contributed by atoms with Crippen molar-refractivity contribution in [2.75, 3.05) is 19.8 Å². The highest BCUT2D eigenvalue weighted by Gasteiger charge is 2.41. The number of hydrogen-bond donors (Lipinski definition) is 0. The minimum absolute atomic E-state index is 0.101. The van der Waals surface area contributed by atoms with Crippen molar-refractivity contribution in [3.63, 3.8) is 0 Å². The molecule has 1 spiro atoms. The number of nitrogens with zero attached hydrogens (tertiary/aromatic N) is 2. The molecule has 0 aromatic carbocycles. The lowest BCUT2D eigenvalue weighted by atomic mass is 9.89. The number of aromatic nitrogens is 2. The van der Waals surface area contributed by atoms with Gasteiger partial charge in [0.1, 0.15) is 5.15 Å². The predicted octanol–water partition coefficient (Wildman–Crippen LogP) is 1.41. The smallest absolute Gasteiger partial charge is 0.255 e. The minimum atomic E-state index is -0.206. The lowest BCUT2D eigenvalue weighted by molar-refractivity contribution is -0.0953. The molecule has 3 heterocycles. The summed E-state index contributed by atoms with van der Waals surface area (Å²) >= 11 is 5.71. The Hall–Kier alpha value is -0.910. The Bertz CT molecular complexity index is 496. The van der Waals surface area contributed by atoms with Gasteiger partial charge in [0.2, 0.25) is 0 Å². The molecule has 6 heteroatoms. The van der Waals surface area contributed by atoms with E-state index < -0.39 is 0 Å². The highest BCUT2D eigenvalue weighted by molar-refractivity contribution is 6.29. The maximum Gasteiger partial charge on any atom is 0.255 e. The summed E-state index contributed by atoms with van der Waals surface area (Å²) in [6.07, 6.45) is 4.06. The van der Waals surface area contributed by atoms with E-state index in [0.717, 1.165) is 25.9 Å². The van der Waals surface area contributed by atoms with Crippen molar-refractivity contribution in [2.45, 2.75) is 30.9 Å². The van der Waals surface area contributed by atoms with Crippen LogP contribution in [0.5, 0.6) is 0 Å². The summed E-state index contributed by atoms with van der Waals surface area (Å²) in [6, 6.07) is 1.48. The van der Waals surface area contributed by atoms with Gasteiger partial charge < -0.3 is 9.47 Å².